The van der Waals surface area contributed by atoms with E-state index in [0.29, 0.717) is 49.1 Å². The van der Waals surface area contributed by atoms with Crippen LogP contribution in [0, 0.1) is 11.8 Å². The van der Waals surface area contributed by atoms with Gasteiger partial charge in [0, 0.05) is 48.5 Å². The van der Waals surface area contributed by atoms with Crippen molar-refractivity contribution >= 4 is 40.6 Å². The Morgan fingerprint density at radius 2 is 1.97 bits per heavy atom. The molecule has 2 fully saturated rings. The summed E-state index contributed by atoms with van der Waals surface area (Å²) in [6, 6.07) is 8.78. The van der Waals surface area contributed by atoms with Gasteiger partial charge in [0.05, 0.1) is 5.69 Å². The molecule has 2 aliphatic rings. The third-order valence-corrected chi connectivity index (χ3v) is 7.57. The Bertz CT molecular complexity index is 947. The van der Waals surface area contributed by atoms with E-state index in [2.05, 4.69) is 33.0 Å². The molecule has 178 valence electrons. The number of aromatic hydroxyl groups is 1. The Balaban J connectivity index is 1.18. The number of amides is 3. The fourth-order valence-electron chi connectivity index (χ4n) is 4.62. The number of likely N-dealkylation sites (tertiary alicyclic amines) is 2. The van der Waals surface area contributed by atoms with Gasteiger partial charge in [-0.25, -0.2) is 4.79 Å². The lowest BCUT2D eigenvalue weighted by molar-refractivity contribution is -0.121. The molecule has 3 heterocycles. The number of phenolic OH excluding ortho intramolecular Hbond substituents is 1. The van der Waals surface area contributed by atoms with Crippen molar-refractivity contribution in [1.29, 1.82) is 0 Å². The summed E-state index contributed by atoms with van der Waals surface area (Å²) in [5, 5.41) is 18.3. The minimum absolute atomic E-state index is 0.0127. The molecule has 0 spiro atoms. The largest absolute Gasteiger partial charge is 0.506 e. The smallest absolute Gasteiger partial charge is 0.317 e. The van der Waals surface area contributed by atoms with E-state index in [1.807, 2.05) is 0 Å². The summed E-state index contributed by atoms with van der Waals surface area (Å²) in [5.41, 5.74) is 0.313. The van der Waals surface area contributed by atoms with Gasteiger partial charge in [-0.1, -0.05) is 17.7 Å². The molecule has 2 saturated heterocycles. The maximum Gasteiger partial charge on any atom is 0.317 e. The van der Waals surface area contributed by atoms with Crippen LogP contribution in [-0.4, -0.2) is 59.6 Å². The fraction of sp³-hybridized carbons (Fsp3) is 0.500. The molecule has 0 bridgehead atoms. The number of nitrogens with zero attached hydrogens (tertiary/aromatic N) is 2. The number of carbonyl (C=O) groups excluding carboxylic acids is 2. The summed E-state index contributed by atoms with van der Waals surface area (Å²) >= 11 is 7.74. The van der Waals surface area contributed by atoms with Crippen LogP contribution in [0.3, 0.4) is 0 Å². The van der Waals surface area contributed by atoms with Crippen LogP contribution >= 0.6 is 22.9 Å². The SMILES string of the molecule is O=C(Nc1cc(Cl)ccc1O)C1CCN(C(=O)NC[C@@H]2CCCN(Cc3cccs3)C2)CC1. The van der Waals surface area contributed by atoms with Gasteiger partial charge in [0.25, 0.3) is 0 Å². The first-order valence-corrected chi connectivity index (χ1v) is 12.8. The first kappa shape index (κ1) is 23.9. The summed E-state index contributed by atoms with van der Waals surface area (Å²) in [6.45, 7) is 4.89. The molecule has 9 heteroatoms. The second-order valence-electron chi connectivity index (χ2n) is 8.92. The summed E-state index contributed by atoms with van der Waals surface area (Å²) in [5.74, 6) is 0.106. The monoisotopic (exact) mass is 490 g/mol. The lowest BCUT2D eigenvalue weighted by atomic mass is 9.96. The molecule has 3 amide bonds. The van der Waals surface area contributed by atoms with Gasteiger partial charge in [-0.3, -0.25) is 9.69 Å². The molecule has 4 rings (SSSR count). The molecule has 2 aliphatic heterocycles. The molecule has 0 unspecified atom stereocenters. The molecule has 33 heavy (non-hydrogen) atoms. The van der Waals surface area contributed by atoms with Crippen LogP contribution < -0.4 is 10.6 Å². The number of benzene rings is 1. The highest BCUT2D eigenvalue weighted by Gasteiger charge is 2.28. The number of piperidine rings is 2. The van der Waals surface area contributed by atoms with Gasteiger partial charge < -0.3 is 20.6 Å². The van der Waals surface area contributed by atoms with Crippen LogP contribution in [0.1, 0.15) is 30.6 Å². The quantitative estimate of drug-likeness (QED) is 0.524. The molecule has 1 aromatic carbocycles. The van der Waals surface area contributed by atoms with Crippen LogP contribution in [0.15, 0.2) is 35.7 Å². The number of thiophene rings is 1. The van der Waals surface area contributed by atoms with E-state index in [1.165, 1.54) is 17.0 Å². The Labute approximate surface area is 203 Å². The Kier molecular flexibility index (Phi) is 8.11. The number of carbonyl (C=O) groups is 2. The Hall–Kier alpha value is -2.29. The van der Waals surface area contributed by atoms with Gasteiger partial charge >= 0.3 is 6.03 Å². The molecule has 0 aliphatic carbocycles. The van der Waals surface area contributed by atoms with Gasteiger partial charge in [-0.15, -0.1) is 11.3 Å². The number of halogens is 1. The molecule has 1 atom stereocenters. The van der Waals surface area contributed by atoms with Crippen LogP contribution in [0.5, 0.6) is 5.75 Å². The predicted molar refractivity (Wildman–Crippen MR) is 132 cm³/mol. The van der Waals surface area contributed by atoms with E-state index in [9.17, 15) is 14.7 Å². The fourth-order valence-corrected chi connectivity index (χ4v) is 5.53. The highest BCUT2D eigenvalue weighted by Crippen LogP contribution is 2.28. The molecule has 2 aromatic rings. The molecule has 3 N–H and O–H groups in total. The Morgan fingerprint density at radius 1 is 1.15 bits per heavy atom. The van der Waals surface area contributed by atoms with Crippen molar-refractivity contribution in [1.82, 2.24) is 15.1 Å². The maximum atomic E-state index is 12.7. The average Bonchev–Trinajstić information content (AvgIpc) is 3.33. The number of phenols is 1. The minimum Gasteiger partial charge on any atom is -0.506 e. The summed E-state index contributed by atoms with van der Waals surface area (Å²) in [6.07, 6.45) is 3.49. The number of urea groups is 1. The first-order valence-electron chi connectivity index (χ1n) is 11.5. The highest BCUT2D eigenvalue weighted by atomic mass is 35.5. The van der Waals surface area contributed by atoms with E-state index in [0.717, 1.165) is 32.5 Å². The van der Waals surface area contributed by atoms with Crippen LogP contribution in [0.4, 0.5) is 10.5 Å². The average molecular weight is 491 g/mol. The number of anilines is 1. The van der Waals surface area contributed by atoms with Gasteiger partial charge in [0.15, 0.2) is 0 Å². The molecular weight excluding hydrogens is 460 g/mol. The zero-order valence-corrected chi connectivity index (χ0v) is 20.2. The minimum atomic E-state index is -0.198. The van der Waals surface area contributed by atoms with Gasteiger partial charge in [-0.2, -0.15) is 0 Å². The summed E-state index contributed by atoms with van der Waals surface area (Å²) in [7, 11) is 0. The first-order chi connectivity index (χ1) is 16.0. The van der Waals surface area contributed by atoms with Gasteiger partial charge in [0.2, 0.25) is 5.91 Å². The van der Waals surface area contributed by atoms with Gasteiger partial charge in [-0.05, 0) is 67.8 Å². The van der Waals surface area contributed by atoms with E-state index >= 15 is 0 Å². The third kappa shape index (κ3) is 6.62. The highest BCUT2D eigenvalue weighted by molar-refractivity contribution is 7.09. The van der Waals surface area contributed by atoms with E-state index in [4.69, 9.17) is 11.6 Å². The molecule has 7 nitrogen and oxygen atoms in total. The van der Waals surface area contributed by atoms with Crippen molar-refractivity contribution in [2.75, 3.05) is 38.0 Å². The van der Waals surface area contributed by atoms with Gasteiger partial charge in [0.1, 0.15) is 5.75 Å². The number of rotatable bonds is 6. The summed E-state index contributed by atoms with van der Waals surface area (Å²) < 4.78 is 0. The third-order valence-electron chi connectivity index (χ3n) is 6.47. The second-order valence-corrected chi connectivity index (χ2v) is 10.4. The van der Waals surface area contributed by atoms with Crippen molar-refractivity contribution in [2.45, 2.75) is 32.2 Å². The van der Waals surface area contributed by atoms with Crippen molar-refractivity contribution < 1.29 is 14.7 Å². The maximum absolute atomic E-state index is 12.7. The van der Waals surface area contributed by atoms with E-state index in [-0.39, 0.29) is 23.6 Å². The predicted octanol–water partition coefficient (Wildman–Crippen LogP) is 4.38. The number of hydrogen-bond donors (Lipinski definition) is 3. The number of hydrogen-bond acceptors (Lipinski definition) is 5. The lowest BCUT2D eigenvalue weighted by Crippen LogP contribution is -2.48. The second kappa shape index (κ2) is 11.2. The van der Waals surface area contributed by atoms with E-state index in [1.54, 1.807) is 22.3 Å². The Morgan fingerprint density at radius 3 is 2.73 bits per heavy atom. The topological polar surface area (TPSA) is 84.9 Å². The zero-order valence-electron chi connectivity index (χ0n) is 18.6. The van der Waals surface area contributed by atoms with Crippen LogP contribution in [0.25, 0.3) is 0 Å². The molecule has 0 saturated carbocycles. The number of nitrogens with one attached hydrogen (secondary N) is 2. The van der Waals surface area contributed by atoms with Crippen LogP contribution in [0.2, 0.25) is 5.02 Å². The van der Waals surface area contributed by atoms with Crippen molar-refractivity contribution in [3.8, 4) is 5.75 Å². The van der Waals surface area contributed by atoms with Crippen molar-refractivity contribution in [2.24, 2.45) is 11.8 Å². The van der Waals surface area contributed by atoms with Crippen molar-refractivity contribution in [3.05, 3.63) is 45.6 Å². The van der Waals surface area contributed by atoms with E-state index < -0.39 is 0 Å². The molecular formula is C24H31ClN4O3S. The van der Waals surface area contributed by atoms with Crippen LogP contribution in [-0.2, 0) is 11.3 Å². The molecule has 1 aromatic heterocycles. The lowest BCUT2D eigenvalue weighted by Gasteiger charge is -2.34. The van der Waals surface area contributed by atoms with Crippen molar-refractivity contribution in [3.63, 3.8) is 0 Å². The zero-order chi connectivity index (χ0) is 23.2. The standard InChI is InChI=1S/C24H31ClN4O3S/c25-19-5-6-22(30)21(13-19)27-23(31)18-7-10-29(11-8-18)24(32)26-14-17-3-1-9-28(15-17)16-20-4-2-12-33-20/h2,4-6,12-13,17-18,30H,1,3,7-11,14-16H2,(H,26,32)(H,27,31)/t17-/m0/s1. The summed E-state index contributed by atoms with van der Waals surface area (Å²) in [4.78, 5) is 30.9. The molecule has 0 radical (unpaired) electrons. The normalized spacial score (nSPS) is 19.9.